The average Bonchev–Trinajstić information content (AvgIpc) is 2.50. The summed E-state index contributed by atoms with van der Waals surface area (Å²) in [6.07, 6.45) is 5.55. The minimum Gasteiger partial charge on any atom is -0.314 e. The molecule has 0 aliphatic carbocycles. The summed E-state index contributed by atoms with van der Waals surface area (Å²) in [5, 5.41) is 3.39. The number of nitrogens with one attached hydrogen (secondary N) is 1. The van der Waals surface area contributed by atoms with Crippen LogP contribution in [0.1, 0.15) is 30.0 Å². The standard InChI is InChI=1S/C12H19NS/c1-10(2)13-9-5-4-6-12-8-7-11(3)14-12/h4,6-8,10,13H,5,9H2,1-3H3. The van der Waals surface area contributed by atoms with E-state index < -0.39 is 0 Å². The van der Waals surface area contributed by atoms with Crippen LogP contribution in [-0.2, 0) is 0 Å². The van der Waals surface area contributed by atoms with Crippen LogP contribution >= 0.6 is 11.3 Å². The highest BCUT2D eigenvalue weighted by Crippen LogP contribution is 2.16. The van der Waals surface area contributed by atoms with Gasteiger partial charge in [-0.2, -0.15) is 0 Å². The molecule has 1 nitrogen and oxygen atoms in total. The first-order chi connectivity index (χ1) is 6.68. The van der Waals surface area contributed by atoms with Gasteiger partial charge in [-0.25, -0.2) is 0 Å². The minimum atomic E-state index is 0.590. The van der Waals surface area contributed by atoms with Gasteiger partial charge in [-0.05, 0) is 38.1 Å². The summed E-state index contributed by atoms with van der Waals surface area (Å²) in [5.74, 6) is 0. The van der Waals surface area contributed by atoms with Crippen molar-refractivity contribution in [2.45, 2.75) is 33.2 Å². The Morgan fingerprint density at radius 3 is 2.79 bits per heavy atom. The molecule has 1 N–H and O–H groups in total. The fourth-order valence-corrected chi connectivity index (χ4v) is 2.01. The molecule has 0 saturated heterocycles. The third-order valence-electron chi connectivity index (χ3n) is 1.91. The van der Waals surface area contributed by atoms with Crippen molar-refractivity contribution in [3.8, 4) is 0 Å². The lowest BCUT2D eigenvalue weighted by Gasteiger charge is -2.04. The van der Waals surface area contributed by atoms with E-state index in [1.807, 2.05) is 11.3 Å². The molecule has 78 valence electrons. The smallest absolute Gasteiger partial charge is 0.0269 e. The minimum absolute atomic E-state index is 0.590. The molecule has 1 aromatic rings. The fraction of sp³-hybridized carbons (Fsp3) is 0.500. The third-order valence-corrected chi connectivity index (χ3v) is 2.87. The van der Waals surface area contributed by atoms with E-state index in [0.717, 1.165) is 13.0 Å². The van der Waals surface area contributed by atoms with Gasteiger partial charge in [0.15, 0.2) is 0 Å². The Morgan fingerprint density at radius 1 is 1.43 bits per heavy atom. The van der Waals surface area contributed by atoms with Crippen LogP contribution < -0.4 is 5.32 Å². The van der Waals surface area contributed by atoms with E-state index in [1.54, 1.807) is 0 Å². The molecule has 0 fully saturated rings. The van der Waals surface area contributed by atoms with E-state index in [1.165, 1.54) is 9.75 Å². The average molecular weight is 209 g/mol. The number of rotatable bonds is 5. The van der Waals surface area contributed by atoms with Crippen LogP contribution in [-0.4, -0.2) is 12.6 Å². The number of thiophene rings is 1. The quantitative estimate of drug-likeness (QED) is 0.732. The van der Waals surface area contributed by atoms with Crippen molar-refractivity contribution in [3.05, 3.63) is 28.0 Å². The van der Waals surface area contributed by atoms with E-state index >= 15 is 0 Å². The molecule has 0 radical (unpaired) electrons. The zero-order valence-corrected chi connectivity index (χ0v) is 10.0. The normalized spacial score (nSPS) is 11.7. The third kappa shape index (κ3) is 4.58. The van der Waals surface area contributed by atoms with Crippen LogP contribution in [0.5, 0.6) is 0 Å². The molecule has 0 aliphatic rings. The van der Waals surface area contributed by atoms with Crippen LogP contribution in [0, 0.1) is 6.92 Å². The summed E-state index contributed by atoms with van der Waals surface area (Å²) in [6, 6.07) is 4.93. The first kappa shape index (κ1) is 11.5. The molecule has 0 aliphatic heterocycles. The summed E-state index contributed by atoms with van der Waals surface area (Å²) in [4.78, 5) is 2.73. The van der Waals surface area contributed by atoms with Crippen molar-refractivity contribution in [1.29, 1.82) is 0 Å². The Hall–Kier alpha value is -0.600. The summed E-state index contributed by atoms with van der Waals surface area (Å²) < 4.78 is 0. The summed E-state index contributed by atoms with van der Waals surface area (Å²) >= 11 is 1.84. The highest BCUT2D eigenvalue weighted by atomic mass is 32.1. The second-order valence-electron chi connectivity index (χ2n) is 3.75. The van der Waals surface area contributed by atoms with Gasteiger partial charge in [0.25, 0.3) is 0 Å². The van der Waals surface area contributed by atoms with Crippen molar-refractivity contribution >= 4 is 17.4 Å². The lowest BCUT2D eigenvalue weighted by Crippen LogP contribution is -2.23. The second-order valence-corrected chi connectivity index (χ2v) is 5.07. The molecule has 0 unspecified atom stereocenters. The van der Waals surface area contributed by atoms with Crippen molar-refractivity contribution in [2.24, 2.45) is 0 Å². The highest BCUT2D eigenvalue weighted by molar-refractivity contribution is 7.12. The topological polar surface area (TPSA) is 12.0 Å². The Bertz CT molecular complexity index is 286. The van der Waals surface area contributed by atoms with Gasteiger partial charge in [0.1, 0.15) is 0 Å². The molecule has 14 heavy (non-hydrogen) atoms. The van der Waals surface area contributed by atoms with Gasteiger partial charge in [0, 0.05) is 15.8 Å². The molecule has 0 aromatic carbocycles. The monoisotopic (exact) mass is 209 g/mol. The molecule has 1 heterocycles. The van der Waals surface area contributed by atoms with E-state index in [0.29, 0.717) is 6.04 Å². The largest absolute Gasteiger partial charge is 0.314 e. The van der Waals surface area contributed by atoms with Gasteiger partial charge < -0.3 is 5.32 Å². The number of hydrogen-bond donors (Lipinski definition) is 1. The molecule has 0 saturated carbocycles. The molecule has 1 aromatic heterocycles. The molecule has 0 bridgehead atoms. The first-order valence-electron chi connectivity index (χ1n) is 5.15. The van der Waals surface area contributed by atoms with Gasteiger partial charge in [0.05, 0.1) is 0 Å². The Balaban J connectivity index is 2.21. The summed E-state index contributed by atoms with van der Waals surface area (Å²) in [7, 11) is 0. The maximum Gasteiger partial charge on any atom is 0.0269 e. The van der Waals surface area contributed by atoms with E-state index in [4.69, 9.17) is 0 Å². The second kappa shape index (κ2) is 5.99. The predicted molar refractivity (Wildman–Crippen MR) is 65.8 cm³/mol. The molecule has 2 heteroatoms. The van der Waals surface area contributed by atoms with Crippen LogP contribution in [0.4, 0.5) is 0 Å². The van der Waals surface area contributed by atoms with Crippen molar-refractivity contribution in [2.75, 3.05) is 6.54 Å². The number of hydrogen-bond acceptors (Lipinski definition) is 2. The van der Waals surface area contributed by atoms with Gasteiger partial charge >= 0.3 is 0 Å². The maximum absolute atomic E-state index is 3.39. The van der Waals surface area contributed by atoms with Crippen LogP contribution in [0.3, 0.4) is 0 Å². The molecule has 1 rings (SSSR count). The number of aryl methyl sites for hydroxylation is 1. The molecular weight excluding hydrogens is 190 g/mol. The Labute approximate surface area is 90.9 Å². The van der Waals surface area contributed by atoms with E-state index in [9.17, 15) is 0 Å². The zero-order valence-electron chi connectivity index (χ0n) is 9.21. The summed E-state index contributed by atoms with van der Waals surface area (Å²) in [5.41, 5.74) is 0. The lowest BCUT2D eigenvalue weighted by molar-refractivity contribution is 0.595. The van der Waals surface area contributed by atoms with Crippen molar-refractivity contribution in [3.63, 3.8) is 0 Å². The zero-order chi connectivity index (χ0) is 10.4. The van der Waals surface area contributed by atoms with Gasteiger partial charge in [-0.1, -0.05) is 19.9 Å². The van der Waals surface area contributed by atoms with Crippen LogP contribution in [0.15, 0.2) is 18.2 Å². The van der Waals surface area contributed by atoms with Crippen molar-refractivity contribution in [1.82, 2.24) is 5.32 Å². The van der Waals surface area contributed by atoms with Crippen LogP contribution in [0.2, 0.25) is 0 Å². The Kier molecular flexibility index (Phi) is 4.91. The van der Waals surface area contributed by atoms with E-state index in [2.05, 4.69) is 50.4 Å². The molecule has 0 atom stereocenters. The highest BCUT2D eigenvalue weighted by Gasteiger charge is 1.91. The fourth-order valence-electron chi connectivity index (χ4n) is 1.20. The molecule has 0 amide bonds. The van der Waals surface area contributed by atoms with E-state index in [-0.39, 0.29) is 0 Å². The van der Waals surface area contributed by atoms with Gasteiger partial charge in [0.2, 0.25) is 0 Å². The maximum atomic E-state index is 3.39. The first-order valence-corrected chi connectivity index (χ1v) is 5.96. The van der Waals surface area contributed by atoms with Crippen molar-refractivity contribution < 1.29 is 0 Å². The van der Waals surface area contributed by atoms with Crippen LogP contribution in [0.25, 0.3) is 6.08 Å². The van der Waals surface area contributed by atoms with Gasteiger partial charge in [-0.3, -0.25) is 0 Å². The lowest BCUT2D eigenvalue weighted by atomic mass is 10.3. The SMILES string of the molecule is Cc1ccc(C=CCCNC(C)C)s1. The Morgan fingerprint density at radius 2 is 2.21 bits per heavy atom. The molecular formula is C12H19NS. The predicted octanol–water partition coefficient (Wildman–Crippen LogP) is 3.46. The molecule has 0 spiro atoms. The van der Waals surface area contributed by atoms with Gasteiger partial charge in [-0.15, -0.1) is 11.3 Å². The summed E-state index contributed by atoms with van der Waals surface area (Å²) in [6.45, 7) is 7.56.